The Hall–Kier alpha value is -0.0400. The van der Waals surface area contributed by atoms with Gasteiger partial charge in [-0.25, -0.2) is 0 Å². The molecule has 0 radical (unpaired) electrons. The molecule has 0 bridgehead atoms. The van der Waals surface area contributed by atoms with Gasteiger partial charge in [-0.15, -0.1) is 24.0 Å². The van der Waals surface area contributed by atoms with Crippen molar-refractivity contribution >= 4 is 29.9 Å². The van der Waals surface area contributed by atoms with Crippen LogP contribution in [0.2, 0.25) is 0 Å². The summed E-state index contributed by atoms with van der Waals surface area (Å²) in [5.41, 5.74) is 0. The largest absolute Gasteiger partial charge is 0.356 e. The summed E-state index contributed by atoms with van der Waals surface area (Å²) in [5.74, 6) is 2.74. The zero-order chi connectivity index (χ0) is 15.8. The van der Waals surface area contributed by atoms with E-state index >= 15 is 0 Å². The number of guanidine groups is 1. The van der Waals surface area contributed by atoms with Crippen LogP contribution in [0.15, 0.2) is 4.99 Å². The molecule has 0 aromatic carbocycles. The minimum Gasteiger partial charge on any atom is -0.356 e. The van der Waals surface area contributed by atoms with E-state index in [9.17, 15) is 0 Å². The number of aliphatic imine (C=N–C) groups is 1. The maximum Gasteiger partial charge on any atom is 0.191 e. The molecular formula is C18H37IN4. The van der Waals surface area contributed by atoms with Crippen molar-refractivity contribution < 1.29 is 0 Å². The highest BCUT2D eigenvalue weighted by atomic mass is 127. The lowest BCUT2D eigenvalue weighted by atomic mass is 9.82. The molecule has 2 fully saturated rings. The van der Waals surface area contributed by atoms with Crippen molar-refractivity contribution in [1.29, 1.82) is 0 Å². The first kappa shape index (κ1) is 21.0. The highest BCUT2D eigenvalue weighted by Gasteiger charge is 2.21. The second-order valence-electron chi connectivity index (χ2n) is 7.35. The van der Waals surface area contributed by atoms with Crippen LogP contribution in [-0.4, -0.2) is 50.1 Å². The van der Waals surface area contributed by atoms with Crippen LogP contribution >= 0.6 is 24.0 Å². The number of likely N-dealkylation sites (tertiary alicyclic amines) is 1. The lowest BCUT2D eigenvalue weighted by Crippen LogP contribution is -2.49. The van der Waals surface area contributed by atoms with Gasteiger partial charge < -0.3 is 15.5 Å². The van der Waals surface area contributed by atoms with Gasteiger partial charge in [0.1, 0.15) is 0 Å². The van der Waals surface area contributed by atoms with E-state index in [4.69, 9.17) is 0 Å². The van der Waals surface area contributed by atoms with E-state index < -0.39 is 0 Å². The molecule has 2 rings (SSSR count). The second-order valence-corrected chi connectivity index (χ2v) is 7.35. The Bertz CT molecular complexity index is 340. The summed E-state index contributed by atoms with van der Waals surface area (Å²) in [7, 11) is 1.89. The predicted octanol–water partition coefficient (Wildman–Crippen LogP) is 3.47. The van der Waals surface area contributed by atoms with Gasteiger partial charge in [-0.05, 0) is 50.5 Å². The minimum absolute atomic E-state index is 0. The van der Waals surface area contributed by atoms with Crippen LogP contribution < -0.4 is 10.6 Å². The van der Waals surface area contributed by atoms with E-state index in [2.05, 4.69) is 34.4 Å². The number of nitrogens with zero attached hydrogens (tertiary/aromatic N) is 2. The van der Waals surface area contributed by atoms with Crippen molar-refractivity contribution in [3.05, 3.63) is 0 Å². The van der Waals surface area contributed by atoms with Crippen LogP contribution in [0, 0.1) is 11.8 Å². The second kappa shape index (κ2) is 11.5. The van der Waals surface area contributed by atoms with Gasteiger partial charge in [0.2, 0.25) is 0 Å². The third-order valence-corrected chi connectivity index (χ3v) is 5.30. The summed E-state index contributed by atoms with van der Waals surface area (Å²) in [6.45, 7) is 9.44. The molecule has 0 aromatic heterocycles. The smallest absolute Gasteiger partial charge is 0.191 e. The fraction of sp³-hybridized carbons (Fsp3) is 0.944. The Morgan fingerprint density at radius 2 is 1.91 bits per heavy atom. The van der Waals surface area contributed by atoms with E-state index in [0.717, 1.165) is 24.3 Å². The molecule has 0 aromatic rings. The standard InChI is InChI=1S/C18H36N4.HI/c1-4-10-22-11-8-17(9-12-22)21-18(19-3)20-14-16-7-5-6-15(2)13-16;/h15-17H,4-14H2,1-3H3,(H2,19,20,21);1H. The molecule has 2 N–H and O–H groups in total. The molecule has 1 saturated heterocycles. The summed E-state index contributed by atoms with van der Waals surface area (Å²) < 4.78 is 0. The van der Waals surface area contributed by atoms with Gasteiger partial charge in [0.15, 0.2) is 5.96 Å². The normalized spacial score (nSPS) is 27.3. The zero-order valence-electron chi connectivity index (χ0n) is 15.3. The summed E-state index contributed by atoms with van der Waals surface area (Å²) in [6.07, 6.45) is 9.31. The molecule has 5 heteroatoms. The van der Waals surface area contributed by atoms with Crippen molar-refractivity contribution in [2.45, 2.75) is 64.8 Å². The quantitative estimate of drug-likeness (QED) is 0.394. The number of hydrogen-bond donors (Lipinski definition) is 2. The number of rotatable bonds is 5. The van der Waals surface area contributed by atoms with Crippen LogP contribution in [0.1, 0.15) is 58.8 Å². The topological polar surface area (TPSA) is 39.7 Å². The van der Waals surface area contributed by atoms with Gasteiger partial charge in [-0.1, -0.05) is 26.7 Å². The van der Waals surface area contributed by atoms with Crippen LogP contribution in [0.3, 0.4) is 0 Å². The maximum absolute atomic E-state index is 4.42. The summed E-state index contributed by atoms with van der Waals surface area (Å²) in [6, 6.07) is 0.588. The molecular weight excluding hydrogens is 399 g/mol. The number of nitrogens with one attached hydrogen (secondary N) is 2. The van der Waals surface area contributed by atoms with E-state index in [1.54, 1.807) is 0 Å². The monoisotopic (exact) mass is 436 g/mol. The van der Waals surface area contributed by atoms with Crippen LogP contribution in [0.5, 0.6) is 0 Å². The third-order valence-electron chi connectivity index (χ3n) is 5.30. The van der Waals surface area contributed by atoms with Gasteiger partial charge in [0.05, 0.1) is 0 Å². The molecule has 0 spiro atoms. The first-order valence-electron chi connectivity index (χ1n) is 9.40. The maximum atomic E-state index is 4.42. The van der Waals surface area contributed by atoms with Crippen LogP contribution in [-0.2, 0) is 0 Å². The summed E-state index contributed by atoms with van der Waals surface area (Å²) in [4.78, 5) is 7.00. The van der Waals surface area contributed by atoms with E-state index in [1.165, 1.54) is 64.6 Å². The highest BCUT2D eigenvalue weighted by molar-refractivity contribution is 14.0. The van der Waals surface area contributed by atoms with E-state index in [0.29, 0.717) is 6.04 Å². The van der Waals surface area contributed by atoms with Crippen molar-refractivity contribution in [3.63, 3.8) is 0 Å². The third kappa shape index (κ3) is 7.59. The molecule has 136 valence electrons. The molecule has 1 heterocycles. The molecule has 2 aliphatic rings. The van der Waals surface area contributed by atoms with Gasteiger partial charge in [0, 0.05) is 32.7 Å². The average Bonchev–Trinajstić information content (AvgIpc) is 2.53. The molecule has 0 amide bonds. The molecule has 23 heavy (non-hydrogen) atoms. The fourth-order valence-electron chi connectivity index (χ4n) is 3.99. The number of piperidine rings is 1. The lowest BCUT2D eigenvalue weighted by molar-refractivity contribution is 0.206. The Morgan fingerprint density at radius 1 is 1.17 bits per heavy atom. The number of halogens is 1. The fourth-order valence-corrected chi connectivity index (χ4v) is 3.99. The summed E-state index contributed by atoms with van der Waals surface area (Å²) >= 11 is 0. The van der Waals surface area contributed by atoms with Crippen molar-refractivity contribution in [2.24, 2.45) is 16.8 Å². The van der Waals surface area contributed by atoms with Gasteiger partial charge in [-0.2, -0.15) is 0 Å². The molecule has 1 saturated carbocycles. The first-order valence-corrected chi connectivity index (χ1v) is 9.40. The molecule has 2 atom stereocenters. The van der Waals surface area contributed by atoms with E-state index in [-0.39, 0.29) is 24.0 Å². The number of hydrogen-bond acceptors (Lipinski definition) is 2. The Kier molecular flexibility index (Phi) is 10.5. The molecule has 1 aliphatic carbocycles. The lowest BCUT2D eigenvalue weighted by Gasteiger charge is -2.33. The summed E-state index contributed by atoms with van der Waals surface area (Å²) in [5, 5.41) is 7.20. The van der Waals surface area contributed by atoms with Crippen LogP contribution in [0.25, 0.3) is 0 Å². The van der Waals surface area contributed by atoms with Crippen LogP contribution in [0.4, 0.5) is 0 Å². The first-order chi connectivity index (χ1) is 10.7. The van der Waals surface area contributed by atoms with Crippen molar-refractivity contribution in [1.82, 2.24) is 15.5 Å². The van der Waals surface area contributed by atoms with Crippen molar-refractivity contribution in [2.75, 3.05) is 33.2 Å². The van der Waals surface area contributed by atoms with Gasteiger partial charge >= 0.3 is 0 Å². The molecule has 4 nitrogen and oxygen atoms in total. The minimum atomic E-state index is 0. The van der Waals surface area contributed by atoms with Gasteiger partial charge in [-0.3, -0.25) is 4.99 Å². The Labute approximate surface area is 160 Å². The molecule has 1 aliphatic heterocycles. The predicted molar refractivity (Wildman–Crippen MR) is 111 cm³/mol. The zero-order valence-corrected chi connectivity index (χ0v) is 17.6. The highest BCUT2D eigenvalue weighted by Crippen LogP contribution is 2.27. The molecule has 2 unspecified atom stereocenters. The average molecular weight is 436 g/mol. The SMILES string of the molecule is CCCN1CCC(NC(=NC)NCC2CCCC(C)C2)CC1.I. The van der Waals surface area contributed by atoms with Gasteiger partial charge in [0.25, 0.3) is 0 Å². The van der Waals surface area contributed by atoms with Crippen molar-refractivity contribution in [3.8, 4) is 0 Å². The Morgan fingerprint density at radius 3 is 2.52 bits per heavy atom. The van der Waals surface area contributed by atoms with E-state index in [1.807, 2.05) is 7.05 Å². The Balaban J connectivity index is 0.00000264.